The Hall–Kier alpha value is -1.88. The van der Waals surface area contributed by atoms with Crippen LogP contribution in [0, 0.1) is 0 Å². The van der Waals surface area contributed by atoms with Gasteiger partial charge in [0.1, 0.15) is 5.75 Å². The molecule has 0 saturated carbocycles. The van der Waals surface area contributed by atoms with E-state index in [2.05, 4.69) is 0 Å². The van der Waals surface area contributed by atoms with Crippen LogP contribution in [0.5, 0.6) is 5.75 Å². The van der Waals surface area contributed by atoms with Crippen LogP contribution in [-0.4, -0.2) is 23.5 Å². The van der Waals surface area contributed by atoms with Crippen molar-refractivity contribution in [1.82, 2.24) is 0 Å². The van der Waals surface area contributed by atoms with Gasteiger partial charge in [0.25, 0.3) is 0 Å². The molecule has 1 aromatic carbocycles. The number of nitrogens with two attached hydrogens (primary N) is 1. The van der Waals surface area contributed by atoms with Gasteiger partial charge >= 0.3 is 0 Å². The summed E-state index contributed by atoms with van der Waals surface area (Å²) in [4.78, 5) is 23.5. The quantitative estimate of drug-likeness (QED) is 0.728. The molecule has 5 nitrogen and oxygen atoms in total. The number of benzene rings is 1. The Morgan fingerprint density at radius 1 is 1.33 bits per heavy atom. The third kappa shape index (κ3) is 2.54. The summed E-state index contributed by atoms with van der Waals surface area (Å²) < 4.78 is 0. The molecule has 5 heteroatoms. The monoisotopic (exact) mass is 208 g/mol. The number of carbonyl (C=O) groups is 2. The van der Waals surface area contributed by atoms with Crippen molar-refractivity contribution in [3.05, 3.63) is 24.3 Å². The number of hydrogen-bond acceptors (Lipinski definition) is 4. The lowest BCUT2D eigenvalue weighted by atomic mass is 10.2. The van der Waals surface area contributed by atoms with E-state index in [4.69, 9.17) is 10.8 Å². The van der Waals surface area contributed by atoms with Crippen LogP contribution < -0.4 is 10.6 Å². The van der Waals surface area contributed by atoms with Crippen molar-refractivity contribution >= 4 is 17.5 Å². The molecular weight excluding hydrogens is 196 g/mol. The zero-order valence-electron chi connectivity index (χ0n) is 8.30. The van der Waals surface area contributed by atoms with E-state index in [9.17, 15) is 9.59 Å². The number of rotatable bonds is 2. The first-order valence-electron chi connectivity index (χ1n) is 4.39. The summed E-state index contributed by atoms with van der Waals surface area (Å²) in [6.07, 6.45) is 0. The lowest BCUT2D eigenvalue weighted by molar-refractivity contribution is -0.124. The van der Waals surface area contributed by atoms with Crippen LogP contribution in [-0.2, 0) is 9.59 Å². The molecule has 0 aromatic heterocycles. The molecule has 0 bridgehead atoms. The Balaban J connectivity index is 3.04. The Bertz CT molecular complexity index is 373. The highest BCUT2D eigenvalue weighted by Crippen LogP contribution is 2.18. The number of carbonyl (C=O) groups excluding carboxylic acids is 2. The minimum Gasteiger partial charge on any atom is -0.508 e. The van der Waals surface area contributed by atoms with E-state index in [0.717, 1.165) is 4.90 Å². The summed E-state index contributed by atoms with van der Waals surface area (Å²) >= 11 is 0. The van der Waals surface area contributed by atoms with Crippen LogP contribution >= 0.6 is 0 Å². The molecular formula is C10H12N2O3. The fraction of sp³-hybridized carbons (Fsp3) is 0.200. The largest absolute Gasteiger partial charge is 0.508 e. The van der Waals surface area contributed by atoms with Gasteiger partial charge in [0.05, 0.1) is 12.2 Å². The Kier molecular flexibility index (Phi) is 3.41. The predicted molar refractivity (Wildman–Crippen MR) is 55.3 cm³/mol. The summed E-state index contributed by atoms with van der Waals surface area (Å²) in [6, 6.07) is 5.75. The van der Waals surface area contributed by atoms with Gasteiger partial charge in [-0.25, -0.2) is 4.90 Å². The van der Waals surface area contributed by atoms with Crippen LogP contribution in [0.2, 0.25) is 0 Å². The highest BCUT2D eigenvalue weighted by atomic mass is 16.3. The first kappa shape index (κ1) is 11.2. The number of amides is 2. The van der Waals surface area contributed by atoms with Crippen molar-refractivity contribution in [2.75, 3.05) is 11.4 Å². The van der Waals surface area contributed by atoms with Gasteiger partial charge < -0.3 is 10.8 Å². The van der Waals surface area contributed by atoms with Crippen LogP contribution in [0.3, 0.4) is 0 Å². The Labute approximate surface area is 87.1 Å². The zero-order valence-corrected chi connectivity index (χ0v) is 8.30. The fourth-order valence-electron chi connectivity index (χ4n) is 1.19. The van der Waals surface area contributed by atoms with E-state index in [1.807, 2.05) is 0 Å². The zero-order chi connectivity index (χ0) is 11.4. The summed E-state index contributed by atoms with van der Waals surface area (Å²) in [5.74, 6) is -0.813. The van der Waals surface area contributed by atoms with E-state index < -0.39 is 11.8 Å². The summed E-state index contributed by atoms with van der Waals surface area (Å²) in [5.41, 5.74) is 5.58. The number of anilines is 1. The smallest absolute Gasteiger partial charge is 0.247 e. The normalized spacial score (nSPS) is 9.73. The minimum absolute atomic E-state index is 0.0717. The number of phenolic OH excluding ortho intramolecular Hbond substituents is 1. The summed E-state index contributed by atoms with van der Waals surface area (Å²) in [7, 11) is 0. The molecule has 0 heterocycles. The molecule has 1 rings (SSSR count). The average molecular weight is 208 g/mol. The van der Waals surface area contributed by atoms with Crippen molar-refractivity contribution < 1.29 is 14.7 Å². The van der Waals surface area contributed by atoms with E-state index in [1.165, 1.54) is 31.2 Å². The molecule has 0 fully saturated rings. The molecule has 0 atom stereocenters. The van der Waals surface area contributed by atoms with Gasteiger partial charge in [0.15, 0.2) is 0 Å². The molecule has 0 aliphatic heterocycles. The van der Waals surface area contributed by atoms with Crippen LogP contribution in [0.1, 0.15) is 6.92 Å². The van der Waals surface area contributed by atoms with Crippen molar-refractivity contribution in [2.24, 2.45) is 5.73 Å². The highest BCUT2D eigenvalue weighted by molar-refractivity contribution is 6.14. The predicted octanol–water partition coefficient (Wildman–Crippen LogP) is 0.230. The van der Waals surface area contributed by atoms with E-state index in [-0.39, 0.29) is 12.3 Å². The molecule has 0 aliphatic carbocycles. The maximum absolute atomic E-state index is 11.4. The molecule has 0 saturated heterocycles. The summed E-state index contributed by atoms with van der Waals surface area (Å²) in [6.45, 7) is 1.04. The van der Waals surface area contributed by atoms with Gasteiger partial charge in [-0.2, -0.15) is 0 Å². The molecule has 0 spiro atoms. The molecule has 3 N–H and O–H groups in total. The SMILES string of the molecule is CC(=O)N(C(=O)CN)c1ccc(O)cc1. The second-order valence-electron chi connectivity index (χ2n) is 2.97. The van der Waals surface area contributed by atoms with Crippen molar-refractivity contribution in [2.45, 2.75) is 6.92 Å². The highest BCUT2D eigenvalue weighted by Gasteiger charge is 2.18. The van der Waals surface area contributed by atoms with Crippen LogP contribution in [0.15, 0.2) is 24.3 Å². The molecule has 2 amide bonds. The standard InChI is InChI=1S/C10H12N2O3/c1-7(13)12(10(15)6-11)8-2-4-9(14)5-3-8/h2-5,14H,6,11H2,1H3. The van der Waals surface area contributed by atoms with E-state index in [0.29, 0.717) is 5.69 Å². The van der Waals surface area contributed by atoms with Gasteiger partial charge in [-0.05, 0) is 24.3 Å². The molecule has 15 heavy (non-hydrogen) atoms. The molecule has 0 unspecified atom stereocenters. The summed E-state index contributed by atoms with van der Waals surface area (Å²) in [5, 5.41) is 9.06. The number of aromatic hydroxyl groups is 1. The van der Waals surface area contributed by atoms with Crippen LogP contribution in [0.4, 0.5) is 5.69 Å². The first-order chi connectivity index (χ1) is 7.06. The molecule has 80 valence electrons. The average Bonchev–Trinajstić information content (AvgIpc) is 2.20. The van der Waals surface area contributed by atoms with Gasteiger partial charge in [-0.3, -0.25) is 9.59 Å². The molecule has 1 aromatic rings. The second-order valence-corrected chi connectivity index (χ2v) is 2.97. The number of nitrogens with zero attached hydrogens (tertiary/aromatic N) is 1. The third-order valence-corrected chi connectivity index (χ3v) is 1.85. The minimum atomic E-state index is -0.479. The Morgan fingerprint density at radius 3 is 2.27 bits per heavy atom. The lowest BCUT2D eigenvalue weighted by Crippen LogP contribution is -2.39. The van der Waals surface area contributed by atoms with Crippen molar-refractivity contribution in [3.63, 3.8) is 0 Å². The van der Waals surface area contributed by atoms with E-state index >= 15 is 0 Å². The molecule has 0 radical (unpaired) electrons. The van der Waals surface area contributed by atoms with Gasteiger partial charge in [-0.15, -0.1) is 0 Å². The number of hydrogen-bond donors (Lipinski definition) is 2. The third-order valence-electron chi connectivity index (χ3n) is 1.85. The van der Waals surface area contributed by atoms with Crippen molar-refractivity contribution in [3.8, 4) is 5.75 Å². The van der Waals surface area contributed by atoms with Gasteiger partial charge in [-0.1, -0.05) is 0 Å². The van der Waals surface area contributed by atoms with E-state index in [1.54, 1.807) is 0 Å². The lowest BCUT2D eigenvalue weighted by Gasteiger charge is -2.18. The molecule has 0 aliphatic rings. The topological polar surface area (TPSA) is 83.6 Å². The number of imide groups is 1. The fourth-order valence-corrected chi connectivity index (χ4v) is 1.19. The van der Waals surface area contributed by atoms with Crippen LogP contribution in [0.25, 0.3) is 0 Å². The van der Waals surface area contributed by atoms with Crippen molar-refractivity contribution in [1.29, 1.82) is 0 Å². The number of phenols is 1. The maximum atomic E-state index is 11.4. The van der Waals surface area contributed by atoms with Gasteiger partial charge in [0.2, 0.25) is 11.8 Å². The Morgan fingerprint density at radius 2 is 1.87 bits per heavy atom. The first-order valence-corrected chi connectivity index (χ1v) is 4.39. The maximum Gasteiger partial charge on any atom is 0.247 e. The van der Waals surface area contributed by atoms with Gasteiger partial charge in [0, 0.05) is 6.92 Å². The second kappa shape index (κ2) is 4.56.